The molecule has 0 amide bonds. The minimum Gasteiger partial charge on any atom is -0.487 e. The van der Waals surface area contributed by atoms with Crippen molar-refractivity contribution in [2.75, 3.05) is 0 Å². The van der Waals surface area contributed by atoms with Gasteiger partial charge >= 0.3 is 0 Å². The van der Waals surface area contributed by atoms with Gasteiger partial charge in [-0.15, -0.1) is 0 Å². The Balaban J connectivity index is 2.14. The van der Waals surface area contributed by atoms with E-state index in [1.165, 1.54) is 3.57 Å². The number of benzene rings is 1. The zero-order valence-electron chi connectivity index (χ0n) is 11.0. The second kappa shape index (κ2) is 6.61. The molecule has 0 bridgehead atoms. The van der Waals surface area contributed by atoms with Crippen LogP contribution in [0, 0.1) is 3.57 Å². The molecular weight excluding hydrogens is 375 g/mol. The second-order valence-corrected chi connectivity index (χ2v) is 5.74. The highest BCUT2D eigenvalue weighted by molar-refractivity contribution is 14.1. The van der Waals surface area contributed by atoms with Crippen molar-refractivity contribution in [3.05, 3.63) is 44.2 Å². The molecule has 2 rings (SSSR count). The van der Waals surface area contributed by atoms with E-state index in [1.54, 1.807) is 0 Å². The maximum atomic E-state index is 6.34. The van der Waals surface area contributed by atoms with E-state index in [2.05, 4.69) is 41.5 Å². The number of ether oxygens (including phenoxy) is 1. The lowest BCUT2D eigenvalue weighted by atomic mass is 10.3. The van der Waals surface area contributed by atoms with Crippen LogP contribution in [0.25, 0.3) is 0 Å². The molecule has 0 aliphatic rings. The van der Waals surface area contributed by atoms with Crippen LogP contribution in [0.4, 0.5) is 0 Å². The van der Waals surface area contributed by atoms with Gasteiger partial charge < -0.3 is 4.74 Å². The van der Waals surface area contributed by atoms with Crippen molar-refractivity contribution in [1.82, 2.24) is 9.78 Å². The highest BCUT2D eigenvalue weighted by atomic mass is 127. The van der Waals surface area contributed by atoms with Crippen LogP contribution < -0.4 is 4.74 Å². The van der Waals surface area contributed by atoms with Crippen molar-refractivity contribution in [2.45, 2.75) is 33.4 Å². The Bertz CT molecular complexity index is 551. The predicted molar refractivity (Wildman–Crippen MR) is 85.8 cm³/mol. The SMILES string of the molecule is CCc1nn(CC)c(COc2ccc(I)cc2)c1Cl. The number of hydrogen-bond donors (Lipinski definition) is 0. The van der Waals surface area contributed by atoms with Crippen LogP contribution in [-0.4, -0.2) is 9.78 Å². The number of rotatable bonds is 5. The molecule has 1 aromatic heterocycles. The van der Waals surface area contributed by atoms with Crippen LogP contribution in [0.3, 0.4) is 0 Å². The van der Waals surface area contributed by atoms with E-state index in [1.807, 2.05) is 28.9 Å². The van der Waals surface area contributed by atoms with Gasteiger partial charge in [-0.05, 0) is 60.2 Å². The molecule has 19 heavy (non-hydrogen) atoms. The third kappa shape index (κ3) is 3.42. The third-order valence-electron chi connectivity index (χ3n) is 2.88. The van der Waals surface area contributed by atoms with E-state index in [4.69, 9.17) is 16.3 Å². The molecule has 0 aliphatic carbocycles. The second-order valence-electron chi connectivity index (χ2n) is 4.12. The molecule has 0 atom stereocenters. The summed E-state index contributed by atoms with van der Waals surface area (Å²) in [6.07, 6.45) is 0.836. The molecule has 0 fully saturated rings. The Morgan fingerprint density at radius 1 is 1.26 bits per heavy atom. The lowest BCUT2D eigenvalue weighted by Crippen LogP contribution is -2.06. The quantitative estimate of drug-likeness (QED) is 0.712. The fourth-order valence-corrected chi connectivity index (χ4v) is 2.52. The minimum absolute atomic E-state index is 0.445. The summed E-state index contributed by atoms with van der Waals surface area (Å²) in [4.78, 5) is 0. The van der Waals surface area contributed by atoms with Crippen molar-refractivity contribution in [2.24, 2.45) is 0 Å². The molecule has 2 aromatic rings. The van der Waals surface area contributed by atoms with Crippen molar-refractivity contribution >= 4 is 34.2 Å². The van der Waals surface area contributed by atoms with Gasteiger partial charge in [0.1, 0.15) is 12.4 Å². The van der Waals surface area contributed by atoms with Crippen LogP contribution in [0.15, 0.2) is 24.3 Å². The summed E-state index contributed by atoms with van der Waals surface area (Å²) in [6.45, 7) is 5.35. The summed E-state index contributed by atoms with van der Waals surface area (Å²) in [7, 11) is 0. The highest BCUT2D eigenvalue weighted by Crippen LogP contribution is 2.23. The van der Waals surface area contributed by atoms with Gasteiger partial charge in [-0.1, -0.05) is 18.5 Å². The third-order valence-corrected chi connectivity index (χ3v) is 4.04. The molecule has 0 radical (unpaired) electrons. The maximum Gasteiger partial charge on any atom is 0.131 e. The van der Waals surface area contributed by atoms with E-state index >= 15 is 0 Å². The Morgan fingerprint density at radius 2 is 1.95 bits per heavy atom. The first-order valence-electron chi connectivity index (χ1n) is 6.28. The van der Waals surface area contributed by atoms with Gasteiger partial charge in [-0.2, -0.15) is 5.10 Å². The normalized spacial score (nSPS) is 10.7. The zero-order valence-corrected chi connectivity index (χ0v) is 13.9. The van der Waals surface area contributed by atoms with Crippen molar-refractivity contribution < 1.29 is 4.74 Å². The van der Waals surface area contributed by atoms with Gasteiger partial charge in [0.2, 0.25) is 0 Å². The molecule has 3 nitrogen and oxygen atoms in total. The Kier molecular flexibility index (Phi) is 5.10. The monoisotopic (exact) mass is 390 g/mol. The molecule has 0 aliphatic heterocycles. The van der Waals surface area contributed by atoms with E-state index in [-0.39, 0.29) is 0 Å². The summed E-state index contributed by atoms with van der Waals surface area (Å²) < 4.78 is 8.88. The molecule has 0 spiro atoms. The lowest BCUT2D eigenvalue weighted by molar-refractivity contribution is 0.292. The molecule has 1 heterocycles. The Hall–Kier alpha value is -0.750. The minimum atomic E-state index is 0.445. The topological polar surface area (TPSA) is 27.1 Å². The fourth-order valence-electron chi connectivity index (χ4n) is 1.84. The van der Waals surface area contributed by atoms with E-state index in [0.717, 1.165) is 35.1 Å². The highest BCUT2D eigenvalue weighted by Gasteiger charge is 2.14. The predicted octanol–water partition coefficient (Wildman–Crippen LogP) is 4.30. The molecule has 1 aromatic carbocycles. The van der Waals surface area contributed by atoms with Gasteiger partial charge in [-0.25, -0.2) is 0 Å². The van der Waals surface area contributed by atoms with Crippen LogP contribution in [0.5, 0.6) is 5.75 Å². The molecule has 0 N–H and O–H groups in total. The molecular formula is C14H16ClIN2O. The largest absolute Gasteiger partial charge is 0.487 e. The lowest BCUT2D eigenvalue weighted by Gasteiger charge is -2.08. The summed E-state index contributed by atoms with van der Waals surface area (Å²) >= 11 is 8.61. The standard InChI is InChI=1S/C14H16ClIN2O/c1-3-12-14(15)13(18(4-2)17-12)9-19-11-7-5-10(16)6-8-11/h5-8H,3-4,9H2,1-2H3. The summed E-state index contributed by atoms with van der Waals surface area (Å²) in [5, 5.41) is 5.21. The van der Waals surface area contributed by atoms with Crippen molar-refractivity contribution in [3.8, 4) is 5.75 Å². The van der Waals surface area contributed by atoms with Crippen LogP contribution >= 0.6 is 34.2 Å². The van der Waals surface area contributed by atoms with Crippen LogP contribution in [-0.2, 0) is 19.6 Å². The van der Waals surface area contributed by atoms with E-state index in [0.29, 0.717) is 6.61 Å². The summed E-state index contributed by atoms with van der Waals surface area (Å²) in [5.41, 5.74) is 1.88. The van der Waals surface area contributed by atoms with Crippen LogP contribution in [0.2, 0.25) is 5.02 Å². The molecule has 102 valence electrons. The zero-order chi connectivity index (χ0) is 13.8. The first-order chi connectivity index (χ1) is 9.15. The molecule has 5 heteroatoms. The van der Waals surface area contributed by atoms with Gasteiger partial charge in [0, 0.05) is 10.1 Å². The number of nitrogens with zero attached hydrogens (tertiary/aromatic N) is 2. The van der Waals surface area contributed by atoms with Crippen molar-refractivity contribution in [3.63, 3.8) is 0 Å². The first kappa shape index (κ1) is 14.7. The Labute approximate surface area is 132 Å². The average molecular weight is 391 g/mol. The average Bonchev–Trinajstić information content (AvgIpc) is 2.74. The fraction of sp³-hybridized carbons (Fsp3) is 0.357. The van der Waals surface area contributed by atoms with Crippen molar-refractivity contribution in [1.29, 1.82) is 0 Å². The molecule has 0 saturated heterocycles. The first-order valence-corrected chi connectivity index (χ1v) is 7.73. The number of aromatic nitrogens is 2. The van der Waals surface area contributed by atoms with E-state index in [9.17, 15) is 0 Å². The van der Waals surface area contributed by atoms with Gasteiger partial charge in [0.05, 0.1) is 16.4 Å². The smallest absolute Gasteiger partial charge is 0.131 e. The number of hydrogen-bond acceptors (Lipinski definition) is 2. The molecule has 0 unspecified atom stereocenters. The van der Waals surface area contributed by atoms with Gasteiger partial charge in [0.15, 0.2) is 0 Å². The summed E-state index contributed by atoms with van der Waals surface area (Å²) in [5.74, 6) is 0.846. The number of halogens is 2. The Morgan fingerprint density at radius 3 is 2.53 bits per heavy atom. The van der Waals surface area contributed by atoms with Gasteiger partial charge in [-0.3, -0.25) is 4.68 Å². The maximum absolute atomic E-state index is 6.34. The molecule has 0 saturated carbocycles. The van der Waals surface area contributed by atoms with Crippen LogP contribution in [0.1, 0.15) is 25.2 Å². The van der Waals surface area contributed by atoms with E-state index < -0.39 is 0 Å². The summed E-state index contributed by atoms with van der Waals surface area (Å²) in [6, 6.07) is 7.96. The number of aryl methyl sites for hydroxylation is 2. The van der Waals surface area contributed by atoms with Gasteiger partial charge in [0.25, 0.3) is 0 Å².